The van der Waals surface area contributed by atoms with Crippen molar-refractivity contribution in [2.45, 2.75) is 13.8 Å². The molecule has 106 valence electrons. The molecule has 2 rings (SSSR count). The van der Waals surface area contributed by atoms with Crippen molar-refractivity contribution in [2.24, 2.45) is 5.73 Å². The minimum absolute atomic E-state index is 0.275. The lowest BCUT2D eigenvalue weighted by molar-refractivity contribution is 0.102. The van der Waals surface area contributed by atoms with Crippen molar-refractivity contribution in [3.05, 3.63) is 53.1 Å². The fourth-order valence-electron chi connectivity index (χ4n) is 1.79. The fourth-order valence-corrected chi connectivity index (χ4v) is 1.79. The molecule has 0 aliphatic rings. The minimum Gasteiger partial charge on any atom is -0.321 e. The summed E-state index contributed by atoms with van der Waals surface area (Å²) in [6.45, 7) is 4.06. The number of hydrogen-bond acceptors (Lipinski definition) is 4. The van der Waals surface area contributed by atoms with E-state index in [9.17, 15) is 4.79 Å². The molecular formula is C16H16N4O. The molecule has 0 unspecified atom stereocenters. The van der Waals surface area contributed by atoms with E-state index in [4.69, 9.17) is 5.73 Å². The van der Waals surface area contributed by atoms with Crippen molar-refractivity contribution >= 4 is 11.6 Å². The van der Waals surface area contributed by atoms with Gasteiger partial charge in [-0.3, -0.25) is 9.78 Å². The Morgan fingerprint density at radius 3 is 2.71 bits per heavy atom. The van der Waals surface area contributed by atoms with Crippen LogP contribution in [-0.2, 0) is 0 Å². The Labute approximate surface area is 123 Å². The second kappa shape index (κ2) is 6.64. The first kappa shape index (κ1) is 14.7. The number of carbonyl (C=O) groups excluding carboxylic acids is 1. The van der Waals surface area contributed by atoms with Crippen molar-refractivity contribution in [2.75, 3.05) is 11.9 Å². The van der Waals surface area contributed by atoms with E-state index < -0.39 is 0 Å². The third-order valence-electron chi connectivity index (χ3n) is 2.68. The van der Waals surface area contributed by atoms with E-state index in [1.807, 2.05) is 26.0 Å². The van der Waals surface area contributed by atoms with E-state index >= 15 is 0 Å². The first-order valence-corrected chi connectivity index (χ1v) is 6.49. The Balaban J connectivity index is 2.20. The number of aromatic nitrogens is 2. The topological polar surface area (TPSA) is 80.9 Å². The molecular weight excluding hydrogens is 264 g/mol. The lowest BCUT2D eigenvalue weighted by Crippen LogP contribution is -2.14. The Kier molecular flexibility index (Phi) is 4.64. The number of anilines is 1. The largest absolute Gasteiger partial charge is 0.321 e. The van der Waals surface area contributed by atoms with Crippen LogP contribution >= 0.6 is 0 Å². The molecule has 1 heterocycles. The van der Waals surface area contributed by atoms with Crippen molar-refractivity contribution < 1.29 is 4.79 Å². The zero-order valence-corrected chi connectivity index (χ0v) is 12.0. The molecule has 0 aliphatic carbocycles. The van der Waals surface area contributed by atoms with Crippen LogP contribution in [0.5, 0.6) is 0 Å². The van der Waals surface area contributed by atoms with Gasteiger partial charge in [0.05, 0.1) is 18.4 Å². The number of amides is 1. The first-order valence-electron chi connectivity index (χ1n) is 6.49. The van der Waals surface area contributed by atoms with Gasteiger partial charge in [-0.1, -0.05) is 11.8 Å². The fraction of sp³-hybridized carbons (Fsp3) is 0.188. The number of nitrogens with one attached hydrogen (secondary N) is 1. The highest BCUT2D eigenvalue weighted by Gasteiger charge is 2.08. The molecule has 1 amide bonds. The van der Waals surface area contributed by atoms with Crippen LogP contribution in [0, 0.1) is 25.7 Å². The van der Waals surface area contributed by atoms with Gasteiger partial charge in [-0.15, -0.1) is 0 Å². The molecule has 5 heteroatoms. The van der Waals surface area contributed by atoms with Crippen molar-refractivity contribution in [3.63, 3.8) is 0 Å². The van der Waals surface area contributed by atoms with E-state index in [1.165, 1.54) is 6.20 Å². The van der Waals surface area contributed by atoms with Gasteiger partial charge < -0.3 is 11.1 Å². The molecule has 0 spiro atoms. The maximum absolute atomic E-state index is 12.1. The molecule has 0 atom stereocenters. The highest BCUT2D eigenvalue weighted by molar-refractivity contribution is 6.02. The summed E-state index contributed by atoms with van der Waals surface area (Å²) in [4.78, 5) is 20.2. The van der Waals surface area contributed by atoms with Gasteiger partial charge in [0, 0.05) is 17.4 Å². The molecule has 0 saturated carbocycles. The van der Waals surface area contributed by atoms with Crippen LogP contribution in [0.2, 0.25) is 0 Å². The summed E-state index contributed by atoms with van der Waals surface area (Å²) in [5.74, 6) is 5.44. The van der Waals surface area contributed by atoms with Gasteiger partial charge >= 0.3 is 0 Å². The van der Waals surface area contributed by atoms with Crippen molar-refractivity contribution in [1.82, 2.24) is 9.97 Å². The summed E-state index contributed by atoms with van der Waals surface area (Å²) >= 11 is 0. The summed E-state index contributed by atoms with van der Waals surface area (Å²) in [6.07, 6.45) is 3.01. The average Bonchev–Trinajstić information content (AvgIpc) is 2.45. The normalized spacial score (nSPS) is 9.67. The number of aryl methyl sites for hydroxylation is 2. The Hall–Kier alpha value is -2.71. The smallest absolute Gasteiger partial charge is 0.275 e. The van der Waals surface area contributed by atoms with E-state index in [0.717, 1.165) is 16.8 Å². The van der Waals surface area contributed by atoms with Gasteiger partial charge in [-0.25, -0.2) is 4.98 Å². The molecule has 0 saturated heterocycles. The lowest BCUT2D eigenvalue weighted by Gasteiger charge is -2.06. The summed E-state index contributed by atoms with van der Waals surface area (Å²) in [7, 11) is 0. The quantitative estimate of drug-likeness (QED) is 0.820. The second-order valence-electron chi connectivity index (χ2n) is 4.59. The molecule has 0 radical (unpaired) electrons. The zero-order valence-electron chi connectivity index (χ0n) is 12.0. The highest BCUT2D eigenvalue weighted by Crippen LogP contribution is 2.14. The minimum atomic E-state index is -0.300. The number of carbonyl (C=O) groups is 1. The van der Waals surface area contributed by atoms with Crippen molar-refractivity contribution in [3.8, 4) is 11.8 Å². The monoisotopic (exact) mass is 280 g/mol. The van der Waals surface area contributed by atoms with Gasteiger partial charge in [0.1, 0.15) is 5.69 Å². The molecule has 1 aromatic carbocycles. The van der Waals surface area contributed by atoms with E-state index in [2.05, 4.69) is 27.1 Å². The highest BCUT2D eigenvalue weighted by atomic mass is 16.1. The summed E-state index contributed by atoms with van der Waals surface area (Å²) in [5, 5.41) is 2.79. The van der Waals surface area contributed by atoms with Crippen molar-refractivity contribution in [1.29, 1.82) is 0 Å². The Bertz CT molecular complexity index is 711. The van der Waals surface area contributed by atoms with Crippen LogP contribution in [0.3, 0.4) is 0 Å². The Morgan fingerprint density at radius 2 is 2.05 bits per heavy atom. The number of nitrogens with zero attached hydrogens (tertiary/aromatic N) is 2. The number of nitrogens with two attached hydrogens (primary N) is 1. The molecule has 1 aromatic heterocycles. The molecule has 2 aromatic rings. The molecule has 21 heavy (non-hydrogen) atoms. The second-order valence-corrected chi connectivity index (χ2v) is 4.59. The predicted molar refractivity (Wildman–Crippen MR) is 81.8 cm³/mol. The molecule has 0 bridgehead atoms. The third-order valence-corrected chi connectivity index (χ3v) is 2.68. The summed E-state index contributed by atoms with van der Waals surface area (Å²) in [6, 6.07) is 5.60. The standard InChI is InChI=1S/C16H16N4O/c1-11-6-13(4-3-5-17)8-14(7-11)20-16(21)15-10-18-12(2)9-19-15/h6-10H,5,17H2,1-2H3,(H,20,21). The van der Waals surface area contributed by atoms with Crippen LogP contribution in [0.4, 0.5) is 5.69 Å². The van der Waals surface area contributed by atoms with Crippen LogP contribution in [0.1, 0.15) is 27.3 Å². The maximum Gasteiger partial charge on any atom is 0.275 e. The van der Waals surface area contributed by atoms with E-state index in [0.29, 0.717) is 12.2 Å². The van der Waals surface area contributed by atoms with Gasteiger partial charge in [0.25, 0.3) is 5.91 Å². The molecule has 5 nitrogen and oxygen atoms in total. The summed E-state index contributed by atoms with van der Waals surface area (Å²) < 4.78 is 0. The van der Waals surface area contributed by atoms with Gasteiger partial charge in [-0.2, -0.15) is 0 Å². The third kappa shape index (κ3) is 4.13. The van der Waals surface area contributed by atoms with Gasteiger partial charge in [0.2, 0.25) is 0 Å². The average molecular weight is 280 g/mol. The van der Waals surface area contributed by atoms with Gasteiger partial charge in [0.15, 0.2) is 0 Å². The van der Waals surface area contributed by atoms with Crippen LogP contribution < -0.4 is 11.1 Å². The predicted octanol–water partition coefficient (Wildman–Crippen LogP) is 1.66. The lowest BCUT2D eigenvalue weighted by atomic mass is 10.1. The number of rotatable bonds is 2. The molecule has 0 aliphatic heterocycles. The molecule has 3 N–H and O–H groups in total. The van der Waals surface area contributed by atoms with Crippen LogP contribution in [0.15, 0.2) is 30.6 Å². The number of hydrogen-bond donors (Lipinski definition) is 2. The first-order chi connectivity index (χ1) is 10.1. The van der Waals surface area contributed by atoms with Crippen LogP contribution in [0.25, 0.3) is 0 Å². The van der Waals surface area contributed by atoms with Gasteiger partial charge in [-0.05, 0) is 37.6 Å². The SMILES string of the molecule is Cc1cc(C#CCN)cc(NC(=O)c2cnc(C)cn2)c1. The number of benzene rings is 1. The van der Waals surface area contributed by atoms with E-state index in [-0.39, 0.29) is 11.6 Å². The zero-order chi connectivity index (χ0) is 15.2. The van der Waals surface area contributed by atoms with Crippen LogP contribution in [-0.4, -0.2) is 22.4 Å². The summed E-state index contributed by atoms with van der Waals surface area (Å²) in [5.41, 5.74) is 8.89. The van der Waals surface area contributed by atoms with E-state index in [1.54, 1.807) is 12.3 Å². The Morgan fingerprint density at radius 1 is 1.24 bits per heavy atom. The molecule has 0 fully saturated rings. The maximum atomic E-state index is 12.1.